The van der Waals surface area contributed by atoms with Crippen molar-refractivity contribution in [3.63, 3.8) is 0 Å². The van der Waals surface area contributed by atoms with Crippen molar-refractivity contribution in [2.75, 3.05) is 14.2 Å². The zero-order valence-corrected chi connectivity index (χ0v) is 13.3. The van der Waals surface area contributed by atoms with E-state index in [2.05, 4.69) is 53.8 Å². The molecular formula is C12H19IO2Si. The Morgan fingerprint density at radius 1 is 1.19 bits per heavy atom. The first kappa shape index (κ1) is 14.1. The topological polar surface area (TPSA) is 18.5 Å². The van der Waals surface area contributed by atoms with E-state index < -0.39 is 8.56 Å². The Labute approximate surface area is 113 Å². The summed E-state index contributed by atoms with van der Waals surface area (Å²) in [7, 11) is 1.62. The Hall–Kier alpha value is 0.0869. The van der Waals surface area contributed by atoms with E-state index >= 15 is 0 Å². The monoisotopic (exact) mass is 350 g/mol. The van der Waals surface area contributed by atoms with Crippen molar-refractivity contribution in [3.05, 3.63) is 33.4 Å². The van der Waals surface area contributed by atoms with Crippen LogP contribution in [0.5, 0.6) is 0 Å². The van der Waals surface area contributed by atoms with Crippen LogP contribution in [0.4, 0.5) is 0 Å². The smallest absolute Gasteiger partial charge is 0.337 e. The highest BCUT2D eigenvalue weighted by Crippen LogP contribution is 2.22. The Bertz CT molecular complexity index is 318. The molecule has 0 saturated carbocycles. The maximum absolute atomic E-state index is 5.61. The summed E-state index contributed by atoms with van der Waals surface area (Å²) in [6, 6.07) is 10.5. The molecular weight excluding hydrogens is 331 g/mol. The molecule has 0 amide bonds. The molecule has 4 heteroatoms. The molecule has 0 fully saturated rings. The van der Waals surface area contributed by atoms with E-state index in [0.717, 1.165) is 18.5 Å². The van der Waals surface area contributed by atoms with Crippen molar-refractivity contribution in [1.82, 2.24) is 0 Å². The third-order valence-corrected chi connectivity index (χ3v) is 7.65. The van der Waals surface area contributed by atoms with Crippen LogP contribution >= 0.6 is 22.6 Å². The van der Waals surface area contributed by atoms with Gasteiger partial charge in [-0.1, -0.05) is 25.1 Å². The second kappa shape index (κ2) is 6.73. The molecule has 0 aliphatic heterocycles. The minimum Gasteiger partial charge on any atom is -0.398 e. The van der Waals surface area contributed by atoms with E-state index in [0.29, 0.717) is 0 Å². The highest BCUT2D eigenvalue weighted by atomic mass is 127. The number of hydrogen-bond acceptors (Lipinski definition) is 2. The van der Waals surface area contributed by atoms with Gasteiger partial charge in [-0.25, -0.2) is 0 Å². The maximum atomic E-state index is 5.61. The van der Waals surface area contributed by atoms with Gasteiger partial charge in [-0.15, -0.1) is 0 Å². The Balaban J connectivity index is 2.66. The highest BCUT2D eigenvalue weighted by molar-refractivity contribution is 14.1. The van der Waals surface area contributed by atoms with Crippen LogP contribution in [0.2, 0.25) is 12.1 Å². The average molecular weight is 350 g/mol. The fourth-order valence-electron chi connectivity index (χ4n) is 1.78. The molecule has 1 aromatic carbocycles. The van der Waals surface area contributed by atoms with Gasteiger partial charge in [-0.05, 0) is 52.7 Å². The molecule has 2 nitrogen and oxygen atoms in total. The molecule has 0 radical (unpaired) electrons. The molecule has 0 saturated heterocycles. The number of hydrogen-bond donors (Lipinski definition) is 0. The number of halogens is 1. The summed E-state index contributed by atoms with van der Waals surface area (Å²) in [4.78, 5) is 0. The summed E-state index contributed by atoms with van der Waals surface area (Å²) in [5.74, 6) is 0. The molecule has 0 aliphatic rings. The number of aryl methyl sites for hydroxylation is 1. The third-order valence-electron chi connectivity index (χ3n) is 3.02. The van der Waals surface area contributed by atoms with Crippen LogP contribution in [0.1, 0.15) is 12.5 Å². The normalized spacial score (nSPS) is 11.8. The first-order chi connectivity index (χ1) is 7.67. The largest absolute Gasteiger partial charge is 0.398 e. The Morgan fingerprint density at radius 2 is 1.81 bits per heavy atom. The SMILES string of the molecule is CC[Si](CCc1ccccc1I)(OC)OC. The van der Waals surface area contributed by atoms with Gasteiger partial charge in [0, 0.05) is 17.8 Å². The molecule has 0 aliphatic carbocycles. The molecule has 16 heavy (non-hydrogen) atoms. The maximum Gasteiger partial charge on any atom is 0.337 e. The van der Waals surface area contributed by atoms with Gasteiger partial charge >= 0.3 is 8.56 Å². The van der Waals surface area contributed by atoms with Crippen LogP contribution in [0.25, 0.3) is 0 Å². The fourth-order valence-corrected chi connectivity index (χ4v) is 4.59. The lowest BCUT2D eigenvalue weighted by molar-refractivity contribution is 0.243. The summed E-state index contributed by atoms with van der Waals surface area (Å²) in [5, 5.41) is 0. The van der Waals surface area contributed by atoms with Gasteiger partial charge in [0.25, 0.3) is 0 Å². The summed E-state index contributed by atoms with van der Waals surface area (Å²) in [6.45, 7) is 2.15. The van der Waals surface area contributed by atoms with Gasteiger partial charge in [0.15, 0.2) is 0 Å². The fraction of sp³-hybridized carbons (Fsp3) is 0.500. The molecule has 1 rings (SSSR count). The van der Waals surface area contributed by atoms with Crippen molar-refractivity contribution in [3.8, 4) is 0 Å². The predicted octanol–water partition coefficient (Wildman–Crippen LogP) is 3.59. The van der Waals surface area contributed by atoms with Gasteiger partial charge < -0.3 is 8.85 Å². The first-order valence-corrected chi connectivity index (χ1v) is 8.82. The molecule has 90 valence electrons. The zero-order valence-electron chi connectivity index (χ0n) is 10.1. The van der Waals surface area contributed by atoms with E-state index in [1.165, 1.54) is 9.13 Å². The quantitative estimate of drug-likeness (QED) is 0.577. The lowest BCUT2D eigenvalue weighted by atomic mass is 10.2. The molecule has 0 bridgehead atoms. The molecule has 0 aromatic heterocycles. The Morgan fingerprint density at radius 3 is 2.31 bits per heavy atom. The molecule has 0 heterocycles. The van der Waals surface area contributed by atoms with Crippen LogP contribution in [0, 0.1) is 3.57 Å². The molecule has 0 unspecified atom stereocenters. The molecule has 0 spiro atoms. The van der Waals surface area contributed by atoms with Crippen LogP contribution < -0.4 is 0 Å². The standard InChI is InChI=1S/C12H19IO2Si/c1-4-16(14-2,15-3)10-9-11-7-5-6-8-12(11)13/h5-8H,4,9-10H2,1-3H3. The zero-order chi connectivity index (χ0) is 12.0. The van der Waals surface area contributed by atoms with E-state index in [9.17, 15) is 0 Å². The minimum absolute atomic E-state index is 1.00. The Kier molecular flexibility index (Phi) is 5.95. The van der Waals surface area contributed by atoms with E-state index in [1.807, 2.05) is 0 Å². The molecule has 0 atom stereocenters. The number of benzene rings is 1. The first-order valence-electron chi connectivity index (χ1n) is 5.51. The van der Waals surface area contributed by atoms with Gasteiger partial charge in [0.2, 0.25) is 0 Å². The highest BCUT2D eigenvalue weighted by Gasteiger charge is 2.32. The summed E-state index contributed by atoms with van der Waals surface area (Å²) in [6.07, 6.45) is 1.04. The molecule has 1 aromatic rings. The summed E-state index contributed by atoms with van der Waals surface area (Å²) >= 11 is 2.38. The minimum atomic E-state index is -1.93. The van der Waals surface area contributed by atoms with Crippen molar-refractivity contribution in [1.29, 1.82) is 0 Å². The third kappa shape index (κ3) is 3.55. The van der Waals surface area contributed by atoms with E-state index in [4.69, 9.17) is 8.85 Å². The van der Waals surface area contributed by atoms with Gasteiger partial charge in [-0.3, -0.25) is 0 Å². The van der Waals surface area contributed by atoms with Crippen molar-refractivity contribution in [2.24, 2.45) is 0 Å². The van der Waals surface area contributed by atoms with Crippen LogP contribution in [0.15, 0.2) is 24.3 Å². The van der Waals surface area contributed by atoms with E-state index in [1.54, 1.807) is 14.2 Å². The average Bonchev–Trinajstić information content (AvgIpc) is 2.34. The van der Waals surface area contributed by atoms with E-state index in [-0.39, 0.29) is 0 Å². The lowest BCUT2D eigenvalue weighted by Gasteiger charge is -2.26. The van der Waals surface area contributed by atoms with Crippen LogP contribution in [-0.4, -0.2) is 22.8 Å². The van der Waals surface area contributed by atoms with Gasteiger partial charge in [0.05, 0.1) is 0 Å². The predicted molar refractivity (Wildman–Crippen MR) is 77.9 cm³/mol. The summed E-state index contributed by atoms with van der Waals surface area (Å²) < 4.78 is 12.5. The second-order valence-electron chi connectivity index (χ2n) is 3.76. The van der Waals surface area contributed by atoms with Crippen molar-refractivity contribution >= 4 is 31.2 Å². The van der Waals surface area contributed by atoms with Crippen molar-refractivity contribution < 1.29 is 8.85 Å². The van der Waals surface area contributed by atoms with Gasteiger partial charge in [-0.2, -0.15) is 0 Å². The van der Waals surface area contributed by atoms with Gasteiger partial charge in [0.1, 0.15) is 0 Å². The number of rotatable bonds is 6. The summed E-state index contributed by atoms with van der Waals surface area (Å²) in [5.41, 5.74) is 1.39. The second-order valence-corrected chi connectivity index (χ2v) is 8.77. The van der Waals surface area contributed by atoms with Crippen molar-refractivity contribution in [2.45, 2.75) is 25.4 Å². The molecule has 0 N–H and O–H groups in total. The lowest BCUT2D eigenvalue weighted by Crippen LogP contribution is -2.39. The van der Waals surface area contributed by atoms with Crippen LogP contribution in [-0.2, 0) is 15.3 Å². The van der Waals surface area contributed by atoms with Crippen LogP contribution in [0.3, 0.4) is 0 Å².